The van der Waals surface area contributed by atoms with Gasteiger partial charge in [-0.2, -0.15) is 0 Å². The molecule has 0 fully saturated rings. The number of hydrogen-bond donors (Lipinski definition) is 0. The van der Waals surface area contributed by atoms with E-state index in [1.54, 1.807) is 11.3 Å². The van der Waals surface area contributed by atoms with Crippen LogP contribution in [0.4, 0.5) is 0 Å². The third-order valence-electron chi connectivity index (χ3n) is 4.83. The van der Waals surface area contributed by atoms with Gasteiger partial charge in [-0.3, -0.25) is 0 Å². The predicted molar refractivity (Wildman–Crippen MR) is 99.3 cm³/mol. The standard InChI is InChI=1S/C20H17N3S/c1-13-5-2-3-6-15(13)19-20(23-10-4-7-18(23)22-19)14-8-9-16-17(11-14)24-12-21-16/h2-3,5-6,8-9,11-12H,4,7,10H2,1H3. The second-order valence-electron chi connectivity index (χ2n) is 6.33. The molecule has 4 aromatic rings. The lowest BCUT2D eigenvalue weighted by molar-refractivity contribution is 0.756. The van der Waals surface area contributed by atoms with Gasteiger partial charge in [0, 0.05) is 24.1 Å². The molecular formula is C20H17N3S. The average molecular weight is 331 g/mol. The van der Waals surface area contributed by atoms with Crippen LogP contribution in [0, 0.1) is 6.92 Å². The Kier molecular flexibility index (Phi) is 3.06. The smallest absolute Gasteiger partial charge is 0.109 e. The first-order valence-corrected chi connectivity index (χ1v) is 9.18. The number of imidazole rings is 1. The minimum Gasteiger partial charge on any atom is -0.327 e. The fourth-order valence-corrected chi connectivity index (χ4v) is 4.36. The number of thiazole rings is 1. The van der Waals surface area contributed by atoms with Gasteiger partial charge in [0.1, 0.15) is 5.82 Å². The summed E-state index contributed by atoms with van der Waals surface area (Å²) in [6, 6.07) is 15.1. The van der Waals surface area contributed by atoms with Crippen molar-refractivity contribution in [3.63, 3.8) is 0 Å². The molecule has 0 radical (unpaired) electrons. The van der Waals surface area contributed by atoms with Gasteiger partial charge in [-0.1, -0.05) is 30.3 Å². The summed E-state index contributed by atoms with van der Waals surface area (Å²) in [7, 11) is 0. The Balaban J connectivity index is 1.79. The minimum absolute atomic E-state index is 1.06. The van der Waals surface area contributed by atoms with E-state index < -0.39 is 0 Å². The van der Waals surface area contributed by atoms with E-state index in [9.17, 15) is 0 Å². The highest BCUT2D eigenvalue weighted by atomic mass is 32.1. The quantitative estimate of drug-likeness (QED) is 0.513. The number of fused-ring (bicyclic) bond motifs is 2. The SMILES string of the molecule is Cc1ccccc1-c1nc2n(c1-c1ccc3ncsc3c1)CCC2. The summed E-state index contributed by atoms with van der Waals surface area (Å²) in [5.41, 5.74) is 9.11. The van der Waals surface area contributed by atoms with Crippen molar-refractivity contribution < 1.29 is 0 Å². The molecule has 2 aromatic carbocycles. The molecule has 1 aliphatic rings. The lowest BCUT2D eigenvalue weighted by atomic mass is 10.0. The Morgan fingerprint density at radius 3 is 2.96 bits per heavy atom. The van der Waals surface area contributed by atoms with E-state index in [4.69, 9.17) is 4.98 Å². The van der Waals surface area contributed by atoms with Crippen LogP contribution in [0.15, 0.2) is 48.0 Å². The molecule has 118 valence electrons. The molecule has 0 atom stereocenters. The number of aryl methyl sites for hydroxylation is 2. The zero-order valence-electron chi connectivity index (χ0n) is 13.5. The van der Waals surface area contributed by atoms with Crippen molar-refractivity contribution in [2.75, 3.05) is 0 Å². The largest absolute Gasteiger partial charge is 0.327 e. The van der Waals surface area contributed by atoms with Gasteiger partial charge in [-0.25, -0.2) is 9.97 Å². The van der Waals surface area contributed by atoms with Crippen LogP contribution in [-0.4, -0.2) is 14.5 Å². The maximum atomic E-state index is 5.02. The van der Waals surface area contributed by atoms with Gasteiger partial charge in [0.05, 0.1) is 27.1 Å². The molecule has 24 heavy (non-hydrogen) atoms. The van der Waals surface area contributed by atoms with Crippen LogP contribution in [0.25, 0.3) is 32.7 Å². The van der Waals surface area contributed by atoms with E-state index in [0.29, 0.717) is 0 Å². The molecule has 0 spiro atoms. The van der Waals surface area contributed by atoms with Crippen LogP contribution in [-0.2, 0) is 13.0 Å². The Morgan fingerprint density at radius 2 is 2.04 bits per heavy atom. The van der Waals surface area contributed by atoms with Gasteiger partial charge in [0.15, 0.2) is 0 Å². The van der Waals surface area contributed by atoms with Crippen molar-refractivity contribution in [2.24, 2.45) is 0 Å². The lowest BCUT2D eigenvalue weighted by Gasteiger charge is -2.10. The van der Waals surface area contributed by atoms with E-state index in [0.717, 1.165) is 24.2 Å². The van der Waals surface area contributed by atoms with Crippen molar-refractivity contribution in [3.8, 4) is 22.5 Å². The third kappa shape index (κ3) is 2.03. The maximum Gasteiger partial charge on any atom is 0.109 e. The highest BCUT2D eigenvalue weighted by molar-refractivity contribution is 7.16. The second kappa shape index (κ2) is 5.28. The van der Waals surface area contributed by atoms with E-state index in [1.807, 2.05) is 5.51 Å². The number of nitrogens with zero attached hydrogens (tertiary/aromatic N) is 3. The first-order valence-electron chi connectivity index (χ1n) is 8.30. The van der Waals surface area contributed by atoms with Gasteiger partial charge in [-0.15, -0.1) is 11.3 Å². The van der Waals surface area contributed by atoms with Crippen LogP contribution in [0.2, 0.25) is 0 Å². The summed E-state index contributed by atoms with van der Waals surface area (Å²) >= 11 is 1.70. The summed E-state index contributed by atoms with van der Waals surface area (Å²) < 4.78 is 3.64. The number of benzene rings is 2. The molecule has 0 unspecified atom stereocenters. The molecule has 0 saturated carbocycles. The molecule has 1 aliphatic heterocycles. The summed E-state index contributed by atoms with van der Waals surface area (Å²) in [6.45, 7) is 3.22. The molecule has 0 bridgehead atoms. The molecule has 2 aromatic heterocycles. The predicted octanol–water partition coefficient (Wildman–Crippen LogP) is 5.08. The van der Waals surface area contributed by atoms with E-state index in [-0.39, 0.29) is 0 Å². The number of aromatic nitrogens is 3. The van der Waals surface area contributed by atoms with Crippen LogP contribution in [0.5, 0.6) is 0 Å². The van der Waals surface area contributed by atoms with Crippen LogP contribution >= 0.6 is 11.3 Å². The highest BCUT2D eigenvalue weighted by Gasteiger charge is 2.24. The van der Waals surface area contributed by atoms with Crippen molar-refractivity contribution in [2.45, 2.75) is 26.3 Å². The van der Waals surface area contributed by atoms with Crippen LogP contribution in [0.3, 0.4) is 0 Å². The zero-order valence-corrected chi connectivity index (χ0v) is 14.3. The van der Waals surface area contributed by atoms with Gasteiger partial charge in [-0.05, 0) is 31.0 Å². The van der Waals surface area contributed by atoms with Crippen LogP contribution in [0.1, 0.15) is 17.8 Å². The summed E-state index contributed by atoms with van der Waals surface area (Å²) in [5, 5.41) is 0. The van der Waals surface area contributed by atoms with Gasteiger partial charge in [0.2, 0.25) is 0 Å². The zero-order chi connectivity index (χ0) is 16.1. The molecule has 4 heteroatoms. The maximum absolute atomic E-state index is 5.02. The first kappa shape index (κ1) is 13.9. The monoisotopic (exact) mass is 331 g/mol. The van der Waals surface area contributed by atoms with E-state index in [1.165, 1.54) is 39.3 Å². The topological polar surface area (TPSA) is 30.7 Å². The fraction of sp³-hybridized carbons (Fsp3) is 0.200. The molecule has 0 amide bonds. The summed E-state index contributed by atoms with van der Waals surface area (Å²) in [5.74, 6) is 1.22. The number of rotatable bonds is 2. The summed E-state index contributed by atoms with van der Waals surface area (Å²) in [6.07, 6.45) is 2.26. The van der Waals surface area contributed by atoms with Crippen LogP contribution < -0.4 is 0 Å². The molecule has 0 saturated heterocycles. The Bertz CT molecular complexity index is 1060. The van der Waals surface area contributed by atoms with Gasteiger partial charge < -0.3 is 4.57 Å². The fourth-order valence-electron chi connectivity index (χ4n) is 3.65. The average Bonchev–Trinajstić information content (AvgIpc) is 3.29. The highest BCUT2D eigenvalue weighted by Crippen LogP contribution is 2.38. The van der Waals surface area contributed by atoms with Crippen molar-refractivity contribution >= 4 is 21.6 Å². The van der Waals surface area contributed by atoms with Gasteiger partial charge in [0.25, 0.3) is 0 Å². The Hall–Kier alpha value is -2.46. The minimum atomic E-state index is 1.06. The van der Waals surface area contributed by atoms with Crippen molar-refractivity contribution in [3.05, 3.63) is 59.4 Å². The molecule has 5 rings (SSSR count). The summed E-state index contributed by atoms with van der Waals surface area (Å²) in [4.78, 5) is 9.42. The first-order chi connectivity index (χ1) is 11.8. The molecular weight excluding hydrogens is 314 g/mol. The lowest BCUT2D eigenvalue weighted by Crippen LogP contribution is -1.96. The van der Waals surface area contributed by atoms with E-state index >= 15 is 0 Å². The van der Waals surface area contributed by atoms with Crippen molar-refractivity contribution in [1.29, 1.82) is 0 Å². The molecule has 3 heterocycles. The van der Waals surface area contributed by atoms with E-state index in [2.05, 4.69) is 58.9 Å². The van der Waals surface area contributed by atoms with Crippen molar-refractivity contribution in [1.82, 2.24) is 14.5 Å². The second-order valence-corrected chi connectivity index (χ2v) is 7.22. The van der Waals surface area contributed by atoms with Gasteiger partial charge >= 0.3 is 0 Å². The number of hydrogen-bond acceptors (Lipinski definition) is 3. The normalized spacial score (nSPS) is 13.5. The Morgan fingerprint density at radius 1 is 1.12 bits per heavy atom. The third-order valence-corrected chi connectivity index (χ3v) is 5.63. The Labute approximate surface area is 144 Å². The molecule has 3 nitrogen and oxygen atoms in total. The molecule has 0 N–H and O–H groups in total. The molecule has 0 aliphatic carbocycles.